The maximum atomic E-state index is 11.3. The van der Waals surface area contributed by atoms with Gasteiger partial charge in [0.2, 0.25) is 5.91 Å². The van der Waals surface area contributed by atoms with Crippen molar-refractivity contribution in [3.05, 3.63) is 78.8 Å². The molecule has 34 heavy (non-hydrogen) atoms. The number of fused-ring (bicyclic) bond motifs is 1. The summed E-state index contributed by atoms with van der Waals surface area (Å²) in [6.07, 6.45) is 10.1. The van der Waals surface area contributed by atoms with Crippen molar-refractivity contribution in [2.24, 2.45) is 12.8 Å². The molecule has 0 fully saturated rings. The van der Waals surface area contributed by atoms with E-state index in [2.05, 4.69) is 44.8 Å². The summed E-state index contributed by atoms with van der Waals surface area (Å²) in [5.41, 5.74) is 12.2. The van der Waals surface area contributed by atoms with Crippen LogP contribution in [-0.4, -0.2) is 43.1 Å². The molecule has 1 aliphatic heterocycles. The van der Waals surface area contributed by atoms with Gasteiger partial charge in [-0.1, -0.05) is 12.7 Å². The Morgan fingerprint density at radius 3 is 2.65 bits per heavy atom. The highest BCUT2D eigenvalue weighted by Crippen LogP contribution is 2.31. The maximum absolute atomic E-state index is 11.3. The number of primary amides is 1. The van der Waals surface area contributed by atoms with Gasteiger partial charge in [0.15, 0.2) is 0 Å². The highest BCUT2D eigenvalue weighted by molar-refractivity contribution is 6.17. The zero-order chi connectivity index (χ0) is 23.8. The molecule has 0 bridgehead atoms. The second-order valence-electron chi connectivity index (χ2n) is 8.15. The Morgan fingerprint density at radius 2 is 2.03 bits per heavy atom. The molecule has 0 aliphatic carbocycles. The fraction of sp³-hybridized carbons (Fsp3) is 0.160. The molecule has 168 valence electrons. The first kappa shape index (κ1) is 21.2. The Hall–Kier alpha value is -4.71. The van der Waals surface area contributed by atoms with Crippen molar-refractivity contribution >= 4 is 28.4 Å². The number of anilines is 1. The molecule has 1 amide bonds. The number of rotatable bonds is 5. The van der Waals surface area contributed by atoms with Crippen LogP contribution in [0.25, 0.3) is 27.9 Å². The minimum atomic E-state index is -0.582. The van der Waals surface area contributed by atoms with Crippen molar-refractivity contribution in [3.8, 4) is 17.2 Å². The second kappa shape index (κ2) is 8.33. The molecule has 9 nitrogen and oxygen atoms in total. The molecule has 0 saturated carbocycles. The number of nitriles is 1. The SMILES string of the molecule is C=C(C(N)=O)c1ccc(N2CC=C(c3cc(-c4cnn(C)c4)cc4ncc(C#N)n34)CC2)cn1. The number of imidazole rings is 1. The average molecular weight is 451 g/mol. The van der Waals surface area contributed by atoms with Gasteiger partial charge in [0, 0.05) is 31.9 Å². The van der Waals surface area contributed by atoms with Crippen LogP contribution in [0, 0.1) is 11.3 Å². The quantitative estimate of drug-likeness (QED) is 0.467. The van der Waals surface area contributed by atoms with Gasteiger partial charge in [0.1, 0.15) is 17.4 Å². The number of hydrogen-bond acceptors (Lipinski definition) is 6. The number of nitrogens with zero attached hydrogens (tertiary/aromatic N) is 7. The van der Waals surface area contributed by atoms with E-state index in [9.17, 15) is 10.1 Å². The molecule has 0 unspecified atom stereocenters. The lowest BCUT2D eigenvalue weighted by molar-refractivity contribution is -0.112. The molecule has 4 aromatic rings. The van der Waals surface area contributed by atoms with Crippen molar-refractivity contribution in [2.45, 2.75) is 6.42 Å². The lowest BCUT2D eigenvalue weighted by atomic mass is 10.00. The minimum Gasteiger partial charge on any atom is -0.366 e. The van der Waals surface area contributed by atoms with Crippen LogP contribution >= 0.6 is 0 Å². The molecule has 0 aromatic carbocycles. The van der Waals surface area contributed by atoms with Gasteiger partial charge in [0.05, 0.1) is 41.2 Å². The molecule has 2 N–H and O–H groups in total. The molecule has 1 aliphatic rings. The number of carbonyl (C=O) groups is 1. The van der Waals surface area contributed by atoms with Gasteiger partial charge in [0.25, 0.3) is 0 Å². The Labute approximate surface area is 196 Å². The third kappa shape index (κ3) is 3.71. The van der Waals surface area contributed by atoms with Crippen molar-refractivity contribution in [1.82, 2.24) is 24.1 Å². The zero-order valence-corrected chi connectivity index (χ0v) is 18.6. The number of aryl methyl sites for hydroxylation is 1. The topological polar surface area (TPSA) is 118 Å². The van der Waals surface area contributed by atoms with Crippen LogP contribution in [0.15, 0.2) is 61.7 Å². The first-order valence-corrected chi connectivity index (χ1v) is 10.7. The van der Waals surface area contributed by atoms with Gasteiger partial charge >= 0.3 is 0 Å². The van der Waals surface area contributed by atoms with E-state index in [1.807, 2.05) is 36.0 Å². The molecule has 4 aromatic heterocycles. The second-order valence-corrected chi connectivity index (χ2v) is 8.15. The van der Waals surface area contributed by atoms with E-state index in [0.29, 0.717) is 17.9 Å². The minimum absolute atomic E-state index is 0.193. The van der Waals surface area contributed by atoms with Crippen LogP contribution in [0.2, 0.25) is 0 Å². The third-order valence-electron chi connectivity index (χ3n) is 6.02. The normalized spacial score (nSPS) is 13.5. The fourth-order valence-electron chi connectivity index (χ4n) is 4.18. The van der Waals surface area contributed by atoms with Gasteiger partial charge < -0.3 is 10.6 Å². The van der Waals surface area contributed by atoms with Crippen LogP contribution in [0.3, 0.4) is 0 Å². The van der Waals surface area contributed by atoms with E-state index in [4.69, 9.17) is 5.73 Å². The highest BCUT2D eigenvalue weighted by atomic mass is 16.1. The van der Waals surface area contributed by atoms with Crippen molar-refractivity contribution in [2.75, 3.05) is 18.0 Å². The molecule has 5 rings (SSSR count). The lowest BCUT2D eigenvalue weighted by Gasteiger charge is -2.28. The van der Waals surface area contributed by atoms with Crippen molar-refractivity contribution < 1.29 is 4.79 Å². The van der Waals surface area contributed by atoms with Crippen LogP contribution in [0.4, 0.5) is 5.69 Å². The number of carbonyl (C=O) groups excluding carboxylic acids is 1. The van der Waals surface area contributed by atoms with Crippen molar-refractivity contribution in [3.63, 3.8) is 0 Å². The van der Waals surface area contributed by atoms with E-state index in [1.54, 1.807) is 23.1 Å². The Bertz CT molecular complexity index is 1500. The number of amides is 1. The van der Waals surface area contributed by atoms with Crippen LogP contribution < -0.4 is 10.6 Å². The Balaban J connectivity index is 1.48. The molecule has 0 atom stereocenters. The van der Waals surface area contributed by atoms with Gasteiger partial charge in [-0.25, -0.2) is 4.98 Å². The van der Waals surface area contributed by atoms with E-state index >= 15 is 0 Å². The summed E-state index contributed by atoms with van der Waals surface area (Å²) < 4.78 is 3.68. The van der Waals surface area contributed by atoms with Crippen molar-refractivity contribution in [1.29, 1.82) is 5.26 Å². The molecule has 0 spiro atoms. The molecule has 0 radical (unpaired) electrons. The van der Waals surface area contributed by atoms with Crippen LogP contribution in [0.1, 0.15) is 23.5 Å². The summed E-state index contributed by atoms with van der Waals surface area (Å²) in [6, 6.07) is 10.00. The van der Waals surface area contributed by atoms with Gasteiger partial charge in [-0.15, -0.1) is 0 Å². The van der Waals surface area contributed by atoms with E-state index in [0.717, 1.165) is 46.7 Å². The largest absolute Gasteiger partial charge is 0.366 e. The van der Waals surface area contributed by atoms with Gasteiger partial charge in [-0.2, -0.15) is 10.4 Å². The average Bonchev–Trinajstić information content (AvgIpc) is 3.49. The summed E-state index contributed by atoms with van der Waals surface area (Å²) in [5, 5.41) is 13.9. The summed E-state index contributed by atoms with van der Waals surface area (Å²) in [7, 11) is 1.88. The number of pyridine rings is 2. The van der Waals surface area contributed by atoms with E-state index in [-0.39, 0.29) is 5.57 Å². The number of aromatic nitrogens is 5. The number of nitrogens with two attached hydrogens (primary N) is 1. The van der Waals surface area contributed by atoms with Crippen LogP contribution in [-0.2, 0) is 11.8 Å². The van der Waals surface area contributed by atoms with Gasteiger partial charge in [-0.3, -0.25) is 18.9 Å². The smallest absolute Gasteiger partial charge is 0.250 e. The number of hydrogen-bond donors (Lipinski definition) is 1. The third-order valence-corrected chi connectivity index (χ3v) is 6.02. The summed E-state index contributed by atoms with van der Waals surface area (Å²) >= 11 is 0. The highest BCUT2D eigenvalue weighted by Gasteiger charge is 2.19. The molecular weight excluding hydrogens is 428 g/mol. The monoisotopic (exact) mass is 450 g/mol. The standard InChI is InChI=1S/C25H22N8O/c1-16(25(27)34)22-4-3-20(13-28-22)32-7-5-17(6-8-32)23-9-18(19-12-30-31(2)15-19)10-24-29-14-21(11-26)33(23)24/h3-5,9-10,12-15H,1,6-8H2,2H3,(H2,27,34). The van der Waals surface area contributed by atoms with E-state index < -0.39 is 5.91 Å². The molecular formula is C25H22N8O. The predicted octanol–water partition coefficient (Wildman–Crippen LogP) is 2.79. The maximum Gasteiger partial charge on any atom is 0.250 e. The van der Waals surface area contributed by atoms with Crippen LogP contribution in [0.5, 0.6) is 0 Å². The fourth-order valence-corrected chi connectivity index (χ4v) is 4.18. The predicted molar refractivity (Wildman–Crippen MR) is 129 cm³/mol. The molecule has 5 heterocycles. The first-order chi connectivity index (χ1) is 16.4. The molecule has 0 saturated heterocycles. The summed E-state index contributed by atoms with van der Waals surface area (Å²) in [5.74, 6) is -0.582. The first-order valence-electron chi connectivity index (χ1n) is 10.7. The summed E-state index contributed by atoms with van der Waals surface area (Å²) in [4.78, 5) is 22.3. The molecule has 9 heteroatoms. The Kier molecular flexibility index (Phi) is 5.18. The van der Waals surface area contributed by atoms with Gasteiger partial charge in [-0.05, 0) is 41.8 Å². The van der Waals surface area contributed by atoms with E-state index in [1.165, 1.54) is 0 Å². The Morgan fingerprint density at radius 1 is 1.18 bits per heavy atom. The zero-order valence-electron chi connectivity index (χ0n) is 18.6. The summed E-state index contributed by atoms with van der Waals surface area (Å²) in [6.45, 7) is 5.14. The lowest BCUT2D eigenvalue weighted by Crippen LogP contribution is -2.28.